The summed E-state index contributed by atoms with van der Waals surface area (Å²) in [6.07, 6.45) is 0. The first kappa shape index (κ1) is 16.5. The minimum Gasteiger partial charge on any atom is -0.490 e. The molecule has 5 heteroatoms. The Balaban J connectivity index is 1.78. The number of rotatable bonds is 7. The predicted molar refractivity (Wildman–Crippen MR) is 84.1 cm³/mol. The normalized spacial score (nSPS) is 9.91. The van der Waals surface area contributed by atoms with E-state index in [1.54, 1.807) is 49.6 Å². The maximum absolute atomic E-state index is 11.9. The van der Waals surface area contributed by atoms with Crippen LogP contribution in [0, 0.1) is 11.3 Å². The second-order valence-electron chi connectivity index (χ2n) is 4.75. The fourth-order valence-electron chi connectivity index (χ4n) is 1.96. The molecule has 0 unspecified atom stereocenters. The first-order valence-electron chi connectivity index (χ1n) is 7.11. The first-order valence-corrected chi connectivity index (χ1v) is 7.11. The molecule has 0 aliphatic rings. The maximum atomic E-state index is 11.9. The average Bonchev–Trinajstić information content (AvgIpc) is 2.59. The first-order chi connectivity index (χ1) is 11.2. The van der Waals surface area contributed by atoms with Gasteiger partial charge in [-0.3, -0.25) is 0 Å². The molecule has 0 aliphatic carbocycles. The van der Waals surface area contributed by atoms with Crippen LogP contribution in [-0.2, 0) is 16.1 Å². The van der Waals surface area contributed by atoms with Gasteiger partial charge >= 0.3 is 5.97 Å². The van der Waals surface area contributed by atoms with Crippen molar-refractivity contribution in [3.63, 3.8) is 0 Å². The van der Waals surface area contributed by atoms with Crippen LogP contribution in [0.15, 0.2) is 48.5 Å². The molecule has 2 aromatic rings. The summed E-state index contributed by atoms with van der Waals surface area (Å²) in [6, 6.07) is 15.9. The molecule has 23 heavy (non-hydrogen) atoms. The highest BCUT2D eigenvalue weighted by atomic mass is 16.6. The molecule has 0 heterocycles. The summed E-state index contributed by atoms with van der Waals surface area (Å²) in [6.45, 7) is 0.839. The molecule has 2 rings (SSSR count). The van der Waals surface area contributed by atoms with Crippen LogP contribution < -0.4 is 4.74 Å². The second-order valence-corrected chi connectivity index (χ2v) is 4.75. The van der Waals surface area contributed by atoms with Crippen molar-refractivity contribution in [2.45, 2.75) is 6.61 Å². The van der Waals surface area contributed by atoms with Gasteiger partial charge < -0.3 is 14.2 Å². The molecule has 0 amide bonds. The van der Waals surface area contributed by atoms with Gasteiger partial charge in [-0.05, 0) is 42.0 Å². The quantitative estimate of drug-likeness (QED) is 0.581. The lowest BCUT2D eigenvalue weighted by atomic mass is 10.1. The standard InChI is InChI=1S/C18H17NO4/c1-21-13-15-3-2-4-16(11-15)18(20)23-10-9-22-17-7-5-14(12-19)6-8-17/h2-8,11H,9-10,13H2,1H3. The molecular formula is C18H17NO4. The monoisotopic (exact) mass is 311 g/mol. The van der Waals surface area contributed by atoms with Crippen LogP contribution in [0.3, 0.4) is 0 Å². The van der Waals surface area contributed by atoms with E-state index in [1.807, 2.05) is 12.1 Å². The van der Waals surface area contributed by atoms with E-state index in [0.717, 1.165) is 5.56 Å². The highest BCUT2D eigenvalue weighted by Crippen LogP contribution is 2.12. The van der Waals surface area contributed by atoms with Gasteiger partial charge in [-0.15, -0.1) is 0 Å². The van der Waals surface area contributed by atoms with E-state index < -0.39 is 5.97 Å². The van der Waals surface area contributed by atoms with Gasteiger partial charge in [0.1, 0.15) is 19.0 Å². The summed E-state index contributed by atoms with van der Waals surface area (Å²) in [7, 11) is 1.60. The number of methoxy groups -OCH3 is 1. The van der Waals surface area contributed by atoms with Gasteiger partial charge in [0.15, 0.2) is 0 Å². The Kier molecular flexibility index (Phi) is 6.16. The third kappa shape index (κ3) is 5.13. The zero-order valence-electron chi connectivity index (χ0n) is 12.8. The Labute approximate surface area is 135 Å². The van der Waals surface area contributed by atoms with Crippen LogP contribution in [0.5, 0.6) is 5.75 Å². The van der Waals surface area contributed by atoms with E-state index >= 15 is 0 Å². The average molecular weight is 311 g/mol. The maximum Gasteiger partial charge on any atom is 0.338 e. The Hall–Kier alpha value is -2.84. The van der Waals surface area contributed by atoms with Gasteiger partial charge in [0.25, 0.3) is 0 Å². The fraction of sp³-hybridized carbons (Fsp3) is 0.222. The molecule has 0 saturated heterocycles. The highest BCUT2D eigenvalue weighted by Gasteiger charge is 2.07. The van der Waals surface area contributed by atoms with Gasteiger partial charge in [-0.1, -0.05) is 12.1 Å². The van der Waals surface area contributed by atoms with Gasteiger partial charge in [-0.25, -0.2) is 4.79 Å². The van der Waals surface area contributed by atoms with E-state index in [-0.39, 0.29) is 13.2 Å². The second kappa shape index (κ2) is 8.57. The van der Waals surface area contributed by atoms with Gasteiger partial charge in [0.05, 0.1) is 23.8 Å². The lowest BCUT2D eigenvalue weighted by Gasteiger charge is -2.08. The summed E-state index contributed by atoms with van der Waals surface area (Å²) in [5, 5.41) is 8.71. The third-order valence-electron chi connectivity index (χ3n) is 3.04. The molecule has 0 aromatic heterocycles. The van der Waals surface area contributed by atoms with Gasteiger partial charge in [0, 0.05) is 7.11 Å². The van der Waals surface area contributed by atoms with Crippen molar-refractivity contribution >= 4 is 5.97 Å². The van der Waals surface area contributed by atoms with E-state index in [2.05, 4.69) is 0 Å². The Morgan fingerprint density at radius 1 is 1.13 bits per heavy atom. The van der Waals surface area contributed by atoms with Crippen molar-refractivity contribution < 1.29 is 19.0 Å². The number of esters is 1. The van der Waals surface area contributed by atoms with Crippen molar-refractivity contribution in [1.82, 2.24) is 0 Å². The number of carbonyl (C=O) groups excluding carboxylic acids is 1. The SMILES string of the molecule is COCc1cccc(C(=O)OCCOc2ccc(C#N)cc2)c1. The summed E-state index contributed by atoms with van der Waals surface area (Å²) in [5.41, 5.74) is 1.97. The lowest BCUT2D eigenvalue weighted by Crippen LogP contribution is -2.12. The number of ether oxygens (including phenoxy) is 3. The van der Waals surface area contributed by atoms with E-state index in [9.17, 15) is 4.79 Å². The van der Waals surface area contributed by atoms with Gasteiger partial charge in [0.2, 0.25) is 0 Å². The molecule has 5 nitrogen and oxygen atoms in total. The van der Waals surface area contributed by atoms with Crippen LogP contribution in [0.1, 0.15) is 21.5 Å². The van der Waals surface area contributed by atoms with E-state index in [4.69, 9.17) is 19.5 Å². The molecule has 0 aliphatic heterocycles. The largest absolute Gasteiger partial charge is 0.490 e. The molecule has 0 radical (unpaired) electrons. The topological polar surface area (TPSA) is 68.6 Å². The van der Waals surface area contributed by atoms with Crippen LogP contribution in [0.4, 0.5) is 0 Å². The molecule has 0 bridgehead atoms. The van der Waals surface area contributed by atoms with Gasteiger partial charge in [-0.2, -0.15) is 5.26 Å². The highest BCUT2D eigenvalue weighted by molar-refractivity contribution is 5.89. The van der Waals surface area contributed by atoms with Crippen molar-refractivity contribution in [3.05, 3.63) is 65.2 Å². The molecular weight excluding hydrogens is 294 g/mol. The summed E-state index contributed by atoms with van der Waals surface area (Å²) >= 11 is 0. The molecule has 0 fully saturated rings. The molecule has 0 N–H and O–H groups in total. The van der Waals surface area contributed by atoms with E-state index in [1.165, 1.54) is 0 Å². The number of hydrogen-bond acceptors (Lipinski definition) is 5. The molecule has 118 valence electrons. The number of nitriles is 1. The van der Waals surface area contributed by atoms with Crippen molar-refractivity contribution in [1.29, 1.82) is 5.26 Å². The molecule has 0 atom stereocenters. The number of carbonyl (C=O) groups is 1. The van der Waals surface area contributed by atoms with E-state index in [0.29, 0.717) is 23.5 Å². The van der Waals surface area contributed by atoms with Crippen molar-refractivity contribution in [3.8, 4) is 11.8 Å². The minimum absolute atomic E-state index is 0.146. The van der Waals surface area contributed by atoms with Crippen LogP contribution in [0.25, 0.3) is 0 Å². The smallest absolute Gasteiger partial charge is 0.338 e. The summed E-state index contributed by atoms with van der Waals surface area (Å²) in [5.74, 6) is 0.230. The Bertz CT molecular complexity index is 689. The summed E-state index contributed by atoms with van der Waals surface area (Å²) in [4.78, 5) is 11.9. The zero-order chi connectivity index (χ0) is 16.5. The number of hydrogen-bond donors (Lipinski definition) is 0. The van der Waals surface area contributed by atoms with Crippen molar-refractivity contribution in [2.24, 2.45) is 0 Å². The Morgan fingerprint density at radius 2 is 1.91 bits per heavy atom. The van der Waals surface area contributed by atoms with Crippen molar-refractivity contribution in [2.75, 3.05) is 20.3 Å². The zero-order valence-corrected chi connectivity index (χ0v) is 12.8. The van der Waals surface area contributed by atoms with Crippen LogP contribution in [-0.4, -0.2) is 26.3 Å². The Morgan fingerprint density at radius 3 is 2.61 bits per heavy atom. The summed E-state index contributed by atoms with van der Waals surface area (Å²) < 4.78 is 15.7. The molecule has 0 saturated carbocycles. The number of benzene rings is 2. The lowest BCUT2D eigenvalue weighted by molar-refractivity contribution is 0.0450. The molecule has 2 aromatic carbocycles. The third-order valence-corrected chi connectivity index (χ3v) is 3.04. The minimum atomic E-state index is -0.397. The predicted octanol–water partition coefficient (Wildman–Crippen LogP) is 2.94. The van der Waals surface area contributed by atoms with Crippen LogP contribution in [0.2, 0.25) is 0 Å². The number of nitrogens with zero attached hydrogens (tertiary/aromatic N) is 1. The molecule has 0 spiro atoms. The fourth-order valence-corrected chi connectivity index (χ4v) is 1.96. The van der Waals surface area contributed by atoms with Crippen LogP contribution >= 0.6 is 0 Å².